The Morgan fingerprint density at radius 1 is 1.64 bits per heavy atom. The van der Waals surface area contributed by atoms with Gasteiger partial charge in [0.05, 0.1) is 27.8 Å². The zero-order chi connectivity index (χ0) is 10.5. The highest BCUT2D eigenvalue weighted by Crippen LogP contribution is 2.43. The first kappa shape index (κ1) is 9.71. The predicted octanol–water partition coefficient (Wildman–Crippen LogP) is 1.38. The number of carbonyl (C=O) groups excluding carboxylic acids is 1. The molecule has 1 amide bonds. The van der Waals surface area contributed by atoms with Gasteiger partial charge < -0.3 is 5.32 Å². The maximum Gasteiger partial charge on any atom is 0.228 e. The molecule has 5 heteroatoms. The molecule has 2 rings (SSSR count). The minimum Gasteiger partial charge on any atom is -0.346 e. The van der Waals surface area contributed by atoms with Crippen molar-refractivity contribution in [2.75, 3.05) is 0 Å². The molecule has 0 radical (unpaired) electrons. The summed E-state index contributed by atoms with van der Waals surface area (Å²) in [6, 6.07) is 0.0527. The van der Waals surface area contributed by atoms with Crippen LogP contribution in [0.2, 0.25) is 0 Å². The summed E-state index contributed by atoms with van der Waals surface area (Å²) in [5.41, 5.74) is 0.686. The number of amides is 1. The lowest BCUT2D eigenvalue weighted by Crippen LogP contribution is -2.58. The smallest absolute Gasteiger partial charge is 0.228 e. The van der Waals surface area contributed by atoms with E-state index in [0.717, 1.165) is 10.2 Å². The van der Waals surface area contributed by atoms with Crippen molar-refractivity contribution in [2.45, 2.75) is 19.9 Å². The van der Waals surface area contributed by atoms with E-state index in [1.54, 1.807) is 10.9 Å². The van der Waals surface area contributed by atoms with Gasteiger partial charge in [-0.05, 0) is 29.8 Å². The molecular weight excluding hydrogens is 246 g/mol. The summed E-state index contributed by atoms with van der Waals surface area (Å²) in [4.78, 5) is 11.3. The molecule has 0 aliphatic carbocycles. The molecule has 0 bridgehead atoms. The molecule has 76 valence electrons. The van der Waals surface area contributed by atoms with E-state index in [2.05, 4.69) is 26.3 Å². The fraction of sp³-hybridized carbons (Fsp3) is 0.556. The lowest BCUT2D eigenvalue weighted by molar-refractivity contribution is -0.143. The molecule has 4 nitrogen and oxygen atoms in total. The van der Waals surface area contributed by atoms with Gasteiger partial charge in [0.25, 0.3) is 0 Å². The van der Waals surface area contributed by atoms with E-state index in [4.69, 9.17) is 0 Å². The topological polar surface area (TPSA) is 46.9 Å². The zero-order valence-electron chi connectivity index (χ0n) is 8.34. The largest absolute Gasteiger partial charge is 0.346 e. The van der Waals surface area contributed by atoms with Crippen molar-refractivity contribution in [1.82, 2.24) is 15.1 Å². The second kappa shape index (κ2) is 2.82. The number of aryl methyl sites for hydroxylation is 1. The van der Waals surface area contributed by atoms with Crippen LogP contribution in [0.25, 0.3) is 0 Å². The molecule has 1 saturated heterocycles. The number of β-lactam (4-membered cyclic amide) rings is 1. The van der Waals surface area contributed by atoms with Crippen molar-refractivity contribution in [1.29, 1.82) is 0 Å². The number of carbonyl (C=O) groups is 1. The molecule has 1 aromatic rings. The van der Waals surface area contributed by atoms with Crippen LogP contribution < -0.4 is 5.32 Å². The van der Waals surface area contributed by atoms with Gasteiger partial charge >= 0.3 is 0 Å². The Morgan fingerprint density at radius 3 is 2.64 bits per heavy atom. The average molecular weight is 258 g/mol. The zero-order valence-corrected chi connectivity index (χ0v) is 9.92. The maximum absolute atomic E-state index is 11.3. The molecule has 1 aliphatic heterocycles. The van der Waals surface area contributed by atoms with Crippen molar-refractivity contribution in [3.63, 3.8) is 0 Å². The number of nitrogens with zero attached hydrogens (tertiary/aromatic N) is 2. The number of hydrogen-bond acceptors (Lipinski definition) is 2. The van der Waals surface area contributed by atoms with Crippen molar-refractivity contribution in [3.8, 4) is 0 Å². The van der Waals surface area contributed by atoms with E-state index in [0.29, 0.717) is 0 Å². The van der Waals surface area contributed by atoms with Gasteiger partial charge in [0.2, 0.25) is 5.91 Å². The minimum absolute atomic E-state index is 0.0527. The Labute approximate surface area is 90.8 Å². The van der Waals surface area contributed by atoms with Gasteiger partial charge in [0, 0.05) is 7.05 Å². The Morgan fingerprint density at radius 2 is 2.29 bits per heavy atom. The average Bonchev–Trinajstić information content (AvgIpc) is 2.43. The highest BCUT2D eigenvalue weighted by molar-refractivity contribution is 9.10. The van der Waals surface area contributed by atoms with E-state index in [-0.39, 0.29) is 17.4 Å². The highest BCUT2D eigenvalue weighted by Gasteiger charge is 2.49. The van der Waals surface area contributed by atoms with Crippen LogP contribution in [-0.4, -0.2) is 15.7 Å². The number of hydrogen-bond donors (Lipinski definition) is 1. The number of rotatable bonds is 1. The van der Waals surface area contributed by atoms with Crippen molar-refractivity contribution < 1.29 is 4.79 Å². The summed E-state index contributed by atoms with van der Waals surface area (Å²) in [7, 11) is 1.88. The molecule has 1 aromatic heterocycles. The minimum atomic E-state index is -0.337. The quantitative estimate of drug-likeness (QED) is 0.773. The third-order valence-corrected chi connectivity index (χ3v) is 3.40. The van der Waals surface area contributed by atoms with Crippen LogP contribution in [0.3, 0.4) is 0 Å². The Balaban J connectivity index is 2.39. The van der Waals surface area contributed by atoms with Gasteiger partial charge in [0.15, 0.2) is 0 Å². The van der Waals surface area contributed by atoms with Crippen molar-refractivity contribution in [3.05, 3.63) is 16.4 Å². The molecule has 1 atom stereocenters. The van der Waals surface area contributed by atoms with Gasteiger partial charge in [0.1, 0.15) is 0 Å². The molecule has 0 aromatic carbocycles. The first-order chi connectivity index (χ1) is 6.44. The summed E-state index contributed by atoms with van der Waals surface area (Å²) in [6.07, 6.45) is 1.75. The van der Waals surface area contributed by atoms with E-state index < -0.39 is 0 Å². The molecular formula is C9H12BrN3O. The van der Waals surface area contributed by atoms with Crippen LogP contribution in [-0.2, 0) is 11.8 Å². The van der Waals surface area contributed by atoms with Crippen LogP contribution >= 0.6 is 15.9 Å². The second-order valence-electron chi connectivity index (χ2n) is 4.13. The van der Waals surface area contributed by atoms with E-state index in [9.17, 15) is 4.79 Å². The third-order valence-electron chi connectivity index (χ3n) is 2.79. The summed E-state index contributed by atoms with van der Waals surface area (Å²) in [5.74, 6) is 0.0931. The van der Waals surface area contributed by atoms with Crippen LogP contribution in [0.15, 0.2) is 10.7 Å². The van der Waals surface area contributed by atoms with Crippen molar-refractivity contribution in [2.24, 2.45) is 12.5 Å². The number of aromatic nitrogens is 2. The molecule has 0 spiro atoms. The summed E-state index contributed by atoms with van der Waals surface area (Å²) in [5, 5.41) is 7.02. The normalized spacial score (nSPS) is 24.3. The first-order valence-electron chi connectivity index (χ1n) is 4.43. The molecule has 1 N–H and O–H groups in total. The lowest BCUT2D eigenvalue weighted by atomic mass is 9.74. The summed E-state index contributed by atoms with van der Waals surface area (Å²) >= 11 is 3.43. The van der Waals surface area contributed by atoms with Crippen LogP contribution in [0.5, 0.6) is 0 Å². The predicted molar refractivity (Wildman–Crippen MR) is 55.6 cm³/mol. The second-order valence-corrected chi connectivity index (χ2v) is 4.98. The van der Waals surface area contributed by atoms with Crippen molar-refractivity contribution >= 4 is 21.8 Å². The van der Waals surface area contributed by atoms with Gasteiger partial charge in [-0.3, -0.25) is 9.48 Å². The third kappa shape index (κ3) is 1.11. The van der Waals surface area contributed by atoms with Gasteiger partial charge in [-0.2, -0.15) is 5.10 Å². The molecule has 1 aliphatic rings. The Kier molecular flexibility index (Phi) is 1.96. The van der Waals surface area contributed by atoms with Gasteiger partial charge in [-0.15, -0.1) is 0 Å². The van der Waals surface area contributed by atoms with Crippen LogP contribution in [0, 0.1) is 5.41 Å². The SMILES string of the molecule is Cn1ncc(Br)c1C1NC(=O)C1(C)C. The molecule has 1 fully saturated rings. The van der Waals surface area contributed by atoms with E-state index >= 15 is 0 Å². The van der Waals surface area contributed by atoms with E-state index in [1.807, 2.05) is 20.9 Å². The Bertz CT molecular complexity index is 377. The number of halogens is 1. The van der Waals surface area contributed by atoms with Crippen LogP contribution in [0.1, 0.15) is 25.6 Å². The highest BCUT2D eigenvalue weighted by atomic mass is 79.9. The standard InChI is InChI=1S/C9H12BrN3O/c1-9(2)7(12-8(9)14)6-5(10)4-11-13(6)3/h4,7H,1-3H3,(H,12,14). The summed E-state index contributed by atoms with van der Waals surface area (Å²) < 4.78 is 2.73. The maximum atomic E-state index is 11.3. The van der Waals surface area contributed by atoms with E-state index in [1.165, 1.54) is 0 Å². The Hall–Kier alpha value is -0.840. The fourth-order valence-electron chi connectivity index (χ4n) is 1.71. The summed E-state index contributed by atoms with van der Waals surface area (Å²) in [6.45, 7) is 3.88. The fourth-order valence-corrected chi connectivity index (χ4v) is 2.28. The van der Waals surface area contributed by atoms with Crippen LogP contribution in [0.4, 0.5) is 0 Å². The number of nitrogens with one attached hydrogen (secondary N) is 1. The molecule has 14 heavy (non-hydrogen) atoms. The van der Waals surface area contributed by atoms with Gasteiger partial charge in [-0.25, -0.2) is 0 Å². The van der Waals surface area contributed by atoms with Gasteiger partial charge in [-0.1, -0.05) is 0 Å². The molecule has 2 heterocycles. The first-order valence-corrected chi connectivity index (χ1v) is 5.22. The lowest BCUT2D eigenvalue weighted by Gasteiger charge is -2.43. The molecule has 1 unspecified atom stereocenters. The molecule has 0 saturated carbocycles. The monoisotopic (exact) mass is 257 g/mol.